The van der Waals surface area contributed by atoms with Gasteiger partial charge in [-0.3, -0.25) is 14.9 Å². The second-order valence-electron chi connectivity index (χ2n) is 6.17. The Labute approximate surface area is 124 Å². The van der Waals surface area contributed by atoms with E-state index in [4.69, 9.17) is 0 Å². The van der Waals surface area contributed by atoms with Crippen LogP contribution in [-0.2, 0) is 11.2 Å². The van der Waals surface area contributed by atoms with E-state index in [9.17, 15) is 20.0 Å². The molecule has 0 spiro atoms. The van der Waals surface area contributed by atoms with Crippen molar-refractivity contribution in [3.63, 3.8) is 0 Å². The number of aliphatic carboxylic acids is 1. The Morgan fingerprint density at radius 3 is 2.81 bits per heavy atom. The third kappa shape index (κ3) is 3.40. The summed E-state index contributed by atoms with van der Waals surface area (Å²) in [4.78, 5) is 22.4. The number of nitro groups is 1. The van der Waals surface area contributed by atoms with Crippen LogP contribution in [0.25, 0.3) is 0 Å². The summed E-state index contributed by atoms with van der Waals surface area (Å²) in [5, 5.41) is 20.7. The first-order chi connectivity index (χ1) is 9.94. The molecule has 0 bridgehead atoms. The zero-order valence-electron chi connectivity index (χ0n) is 12.2. The fourth-order valence-electron chi connectivity index (χ4n) is 3.46. The molecule has 0 saturated heterocycles. The van der Waals surface area contributed by atoms with Gasteiger partial charge < -0.3 is 5.11 Å². The first kappa shape index (κ1) is 15.5. The monoisotopic (exact) mass is 291 g/mol. The van der Waals surface area contributed by atoms with Gasteiger partial charge in [0.15, 0.2) is 0 Å². The maximum absolute atomic E-state index is 11.7. The number of aryl methyl sites for hydroxylation is 1. The van der Waals surface area contributed by atoms with Crippen LogP contribution in [0.3, 0.4) is 0 Å². The van der Waals surface area contributed by atoms with Crippen LogP contribution in [0.5, 0.6) is 0 Å². The third-order valence-electron chi connectivity index (χ3n) is 4.61. The molecule has 1 aromatic carbocycles. The van der Waals surface area contributed by atoms with Crippen molar-refractivity contribution in [2.24, 2.45) is 11.3 Å². The molecular formula is C16H21NO4. The first-order valence-electron chi connectivity index (χ1n) is 7.40. The summed E-state index contributed by atoms with van der Waals surface area (Å²) in [6.07, 6.45) is 4.24. The topological polar surface area (TPSA) is 80.4 Å². The van der Waals surface area contributed by atoms with Crippen LogP contribution >= 0.6 is 0 Å². The van der Waals surface area contributed by atoms with Crippen LogP contribution in [-0.4, -0.2) is 16.0 Å². The van der Waals surface area contributed by atoms with Gasteiger partial charge in [-0.15, -0.1) is 0 Å². The summed E-state index contributed by atoms with van der Waals surface area (Å²) in [5.41, 5.74) is -0.00952. The lowest BCUT2D eigenvalue weighted by Crippen LogP contribution is -2.36. The highest BCUT2D eigenvalue weighted by Gasteiger charge is 2.41. The van der Waals surface area contributed by atoms with E-state index in [0.29, 0.717) is 37.2 Å². The molecule has 1 N–H and O–H groups in total. The number of carbonyl (C=O) groups is 1. The van der Waals surface area contributed by atoms with E-state index in [-0.39, 0.29) is 5.69 Å². The Bertz CT molecular complexity index is 543. The highest BCUT2D eigenvalue weighted by atomic mass is 16.6. The Kier molecular flexibility index (Phi) is 4.60. The molecule has 0 radical (unpaired) electrons. The van der Waals surface area contributed by atoms with Crippen LogP contribution in [0.1, 0.15) is 44.6 Å². The highest BCUT2D eigenvalue weighted by Crippen LogP contribution is 2.43. The van der Waals surface area contributed by atoms with Gasteiger partial charge >= 0.3 is 5.97 Å². The molecule has 2 unspecified atom stereocenters. The largest absolute Gasteiger partial charge is 0.481 e. The zero-order valence-corrected chi connectivity index (χ0v) is 12.2. The van der Waals surface area contributed by atoms with E-state index in [1.54, 1.807) is 18.2 Å². The number of carboxylic acid groups (broad SMARTS) is 1. The second kappa shape index (κ2) is 6.24. The van der Waals surface area contributed by atoms with Crippen LogP contribution in [0.15, 0.2) is 24.3 Å². The number of benzene rings is 1. The maximum atomic E-state index is 11.7. The zero-order chi connectivity index (χ0) is 15.5. The van der Waals surface area contributed by atoms with E-state index >= 15 is 0 Å². The molecule has 0 aliphatic heterocycles. The lowest BCUT2D eigenvalue weighted by molar-refractivity contribution is -0.385. The van der Waals surface area contributed by atoms with Crippen molar-refractivity contribution in [1.29, 1.82) is 0 Å². The lowest BCUT2D eigenvalue weighted by atomic mass is 9.67. The quantitative estimate of drug-likeness (QED) is 0.660. The summed E-state index contributed by atoms with van der Waals surface area (Å²) in [6, 6.07) is 6.60. The van der Waals surface area contributed by atoms with Crippen LogP contribution in [0.2, 0.25) is 0 Å². The van der Waals surface area contributed by atoms with Gasteiger partial charge in [0.2, 0.25) is 0 Å². The number of nitro benzene ring substituents is 1. The van der Waals surface area contributed by atoms with Gasteiger partial charge in [-0.2, -0.15) is 0 Å². The highest BCUT2D eigenvalue weighted by molar-refractivity contribution is 5.74. The van der Waals surface area contributed by atoms with Gasteiger partial charge in [0.25, 0.3) is 5.69 Å². The van der Waals surface area contributed by atoms with Crippen molar-refractivity contribution >= 4 is 11.7 Å². The van der Waals surface area contributed by atoms with Gasteiger partial charge in [0.1, 0.15) is 0 Å². The Balaban J connectivity index is 2.16. The van der Waals surface area contributed by atoms with Gasteiger partial charge in [0, 0.05) is 11.6 Å². The van der Waals surface area contributed by atoms with Crippen molar-refractivity contribution in [1.82, 2.24) is 0 Å². The lowest BCUT2D eigenvalue weighted by Gasteiger charge is -2.36. The van der Waals surface area contributed by atoms with Crippen LogP contribution in [0.4, 0.5) is 5.69 Å². The minimum Gasteiger partial charge on any atom is -0.481 e. The second-order valence-corrected chi connectivity index (χ2v) is 6.17. The van der Waals surface area contributed by atoms with Crippen molar-refractivity contribution in [3.05, 3.63) is 39.9 Å². The summed E-state index contributed by atoms with van der Waals surface area (Å²) < 4.78 is 0. The molecule has 1 aromatic rings. The molecule has 2 rings (SSSR count). The third-order valence-corrected chi connectivity index (χ3v) is 4.61. The number of hydrogen-bond donors (Lipinski definition) is 1. The average molecular weight is 291 g/mol. The smallest absolute Gasteiger partial charge is 0.309 e. The van der Waals surface area contributed by atoms with Crippen LogP contribution < -0.4 is 0 Å². The Morgan fingerprint density at radius 1 is 1.48 bits per heavy atom. The predicted molar refractivity (Wildman–Crippen MR) is 79.1 cm³/mol. The SMILES string of the molecule is CC1CCCC(CCc2ccccc2[N+](=O)[O-])(C(=O)O)C1. The number of hydrogen-bond acceptors (Lipinski definition) is 3. The predicted octanol–water partition coefficient (Wildman–Crippen LogP) is 3.81. The molecule has 5 heteroatoms. The molecule has 0 amide bonds. The van der Waals surface area contributed by atoms with E-state index in [1.165, 1.54) is 6.07 Å². The number of rotatable bonds is 5. The molecule has 114 valence electrons. The number of nitrogens with zero attached hydrogens (tertiary/aromatic N) is 1. The van der Waals surface area contributed by atoms with Crippen LogP contribution in [0, 0.1) is 21.4 Å². The summed E-state index contributed by atoms with van der Waals surface area (Å²) in [5.74, 6) is -0.353. The van der Waals surface area contributed by atoms with E-state index in [0.717, 1.165) is 12.8 Å². The van der Waals surface area contributed by atoms with Crippen molar-refractivity contribution in [2.75, 3.05) is 0 Å². The minimum absolute atomic E-state index is 0.0851. The molecule has 2 atom stereocenters. The summed E-state index contributed by atoms with van der Waals surface area (Å²) in [7, 11) is 0. The molecule has 1 aliphatic rings. The molecule has 1 aliphatic carbocycles. The molecule has 21 heavy (non-hydrogen) atoms. The molecule has 1 saturated carbocycles. The van der Waals surface area contributed by atoms with E-state index < -0.39 is 16.3 Å². The Hall–Kier alpha value is -1.91. The standard InChI is InChI=1S/C16H21NO4/c1-12-5-4-9-16(11-12,15(18)19)10-8-13-6-2-3-7-14(13)17(20)21/h2-3,6-7,12H,4-5,8-11H2,1H3,(H,18,19). The minimum atomic E-state index is -0.757. The molecule has 5 nitrogen and oxygen atoms in total. The first-order valence-corrected chi connectivity index (χ1v) is 7.40. The maximum Gasteiger partial charge on any atom is 0.309 e. The van der Waals surface area contributed by atoms with Gasteiger partial charge in [-0.1, -0.05) is 38.0 Å². The van der Waals surface area contributed by atoms with Crippen molar-refractivity contribution in [2.45, 2.75) is 45.4 Å². The fourth-order valence-corrected chi connectivity index (χ4v) is 3.46. The van der Waals surface area contributed by atoms with E-state index in [1.807, 2.05) is 0 Å². The fraction of sp³-hybridized carbons (Fsp3) is 0.562. The Morgan fingerprint density at radius 2 is 2.19 bits per heavy atom. The normalized spacial score (nSPS) is 25.5. The molecular weight excluding hydrogens is 270 g/mol. The molecule has 0 heterocycles. The van der Waals surface area contributed by atoms with Gasteiger partial charge in [0.05, 0.1) is 10.3 Å². The summed E-state index contributed by atoms with van der Waals surface area (Å²) >= 11 is 0. The number of carboxylic acids is 1. The average Bonchev–Trinajstić information content (AvgIpc) is 2.45. The van der Waals surface area contributed by atoms with Crippen molar-refractivity contribution < 1.29 is 14.8 Å². The van der Waals surface area contributed by atoms with Gasteiger partial charge in [-0.05, 0) is 31.6 Å². The van der Waals surface area contributed by atoms with E-state index in [2.05, 4.69) is 6.92 Å². The van der Waals surface area contributed by atoms with Gasteiger partial charge in [-0.25, -0.2) is 0 Å². The summed E-state index contributed by atoms with van der Waals surface area (Å²) in [6.45, 7) is 2.09. The molecule has 0 aromatic heterocycles. The molecule has 1 fully saturated rings. The van der Waals surface area contributed by atoms with Crippen molar-refractivity contribution in [3.8, 4) is 0 Å². The number of para-hydroxylation sites is 1.